The summed E-state index contributed by atoms with van der Waals surface area (Å²) in [6.45, 7) is 6.04. The molecule has 2 aromatic carbocycles. The predicted molar refractivity (Wildman–Crippen MR) is 123 cm³/mol. The number of thiophene rings is 1. The molecule has 4 rings (SSSR count). The molecule has 1 amide bonds. The Morgan fingerprint density at radius 1 is 1.12 bits per heavy atom. The summed E-state index contributed by atoms with van der Waals surface area (Å²) in [6, 6.07) is 10.2. The number of ether oxygens (including phenoxy) is 2. The molecule has 1 aliphatic rings. The van der Waals surface area contributed by atoms with Crippen LogP contribution in [0, 0.1) is 24.0 Å². The van der Waals surface area contributed by atoms with Crippen LogP contribution in [0.3, 0.4) is 0 Å². The third-order valence-electron chi connectivity index (χ3n) is 5.28. The number of fused-ring (bicyclic) bond motifs is 1. The van der Waals surface area contributed by atoms with Gasteiger partial charge in [-0.1, -0.05) is 6.07 Å². The second kappa shape index (κ2) is 8.91. The van der Waals surface area contributed by atoms with Gasteiger partial charge in [0.25, 0.3) is 11.6 Å². The number of nitro groups is 1. The van der Waals surface area contributed by atoms with Crippen molar-refractivity contribution in [1.82, 2.24) is 5.32 Å². The van der Waals surface area contributed by atoms with Crippen molar-refractivity contribution in [3.05, 3.63) is 79.7 Å². The zero-order valence-corrected chi connectivity index (χ0v) is 18.9. The van der Waals surface area contributed by atoms with Crippen LogP contribution in [-0.2, 0) is 0 Å². The van der Waals surface area contributed by atoms with Gasteiger partial charge in [-0.05, 0) is 56.2 Å². The number of non-ortho nitro benzene ring substituents is 1. The fourth-order valence-electron chi connectivity index (χ4n) is 3.47. The summed E-state index contributed by atoms with van der Waals surface area (Å²) < 4.78 is 11.2. The maximum atomic E-state index is 12.7. The highest BCUT2D eigenvalue weighted by atomic mass is 32.1. The average molecular weight is 468 g/mol. The van der Waals surface area contributed by atoms with Crippen molar-refractivity contribution in [3.63, 3.8) is 0 Å². The molecule has 10 heteroatoms. The molecule has 0 spiro atoms. The molecule has 170 valence electrons. The molecule has 3 aromatic rings. The Kier molecular flexibility index (Phi) is 6.01. The van der Waals surface area contributed by atoms with Crippen LogP contribution in [0.2, 0.25) is 0 Å². The van der Waals surface area contributed by atoms with Gasteiger partial charge in [-0.25, -0.2) is 4.79 Å². The van der Waals surface area contributed by atoms with E-state index in [0.29, 0.717) is 17.9 Å². The van der Waals surface area contributed by atoms with Crippen LogP contribution >= 0.6 is 11.3 Å². The minimum atomic E-state index is -0.670. The van der Waals surface area contributed by atoms with Crippen LogP contribution in [0.5, 0.6) is 11.5 Å². The number of nitro benzene ring substituents is 1. The molecule has 0 aliphatic carbocycles. The normalized spacial score (nSPS) is 14.6. The van der Waals surface area contributed by atoms with Crippen molar-refractivity contribution < 1.29 is 24.0 Å². The first-order valence-corrected chi connectivity index (χ1v) is 11.0. The highest BCUT2D eigenvalue weighted by Gasteiger charge is 2.29. The van der Waals surface area contributed by atoms with Gasteiger partial charge in [-0.2, -0.15) is 0 Å². The smallest absolute Gasteiger partial charge is 0.343 e. The van der Waals surface area contributed by atoms with Crippen LogP contribution in [0.1, 0.15) is 49.8 Å². The summed E-state index contributed by atoms with van der Waals surface area (Å²) in [5, 5.41) is 17.9. The number of rotatable bonds is 6. The summed E-state index contributed by atoms with van der Waals surface area (Å²) in [5.41, 5.74) is 2.40. The lowest BCUT2D eigenvalue weighted by Gasteiger charge is -2.27. The number of anilines is 1. The summed E-state index contributed by atoms with van der Waals surface area (Å²) in [4.78, 5) is 36.5. The number of amides is 1. The van der Waals surface area contributed by atoms with Crippen molar-refractivity contribution in [3.8, 4) is 11.5 Å². The Labute approximate surface area is 193 Å². The van der Waals surface area contributed by atoms with E-state index in [1.54, 1.807) is 25.1 Å². The number of esters is 1. The Balaban J connectivity index is 1.57. The van der Waals surface area contributed by atoms with Gasteiger partial charge in [0.15, 0.2) is 11.5 Å². The van der Waals surface area contributed by atoms with E-state index >= 15 is 0 Å². The molecular weight excluding hydrogens is 446 g/mol. The van der Waals surface area contributed by atoms with E-state index in [4.69, 9.17) is 9.47 Å². The first kappa shape index (κ1) is 22.3. The van der Waals surface area contributed by atoms with Gasteiger partial charge in [-0.3, -0.25) is 14.9 Å². The Morgan fingerprint density at radius 2 is 1.85 bits per heavy atom. The van der Waals surface area contributed by atoms with Crippen LogP contribution in [0.4, 0.5) is 10.7 Å². The van der Waals surface area contributed by atoms with Gasteiger partial charge in [0.1, 0.15) is 11.2 Å². The Hall–Kier alpha value is -3.92. The van der Waals surface area contributed by atoms with Crippen LogP contribution in [-0.4, -0.2) is 23.4 Å². The van der Waals surface area contributed by atoms with Crippen molar-refractivity contribution in [1.29, 1.82) is 0 Å². The minimum Gasteiger partial charge on any atom is -0.490 e. The molecule has 1 atom stereocenters. The third kappa shape index (κ3) is 4.37. The van der Waals surface area contributed by atoms with Gasteiger partial charge in [0.05, 0.1) is 22.7 Å². The SMILES string of the molecule is CCOc1cc(C2NC(=O)c3c(sc(C)c3C)N2)ccc1OC(=O)c1ccc([N+](=O)[O-])cc1. The minimum absolute atomic E-state index is 0.118. The summed E-state index contributed by atoms with van der Waals surface area (Å²) in [6.07, 6.45) is -0.471. The standard InChI is InChI=1S/C23H21N3O6S/c1-4-31-18-11-15(20-24-21(27)19-12(2)13(3)33-22(19)25-20)7-10-17(18)32-23(28)14-5-8-16(9-6-14)26(29)30/h5-11,20,25H,4H2,1-3H3,(H,24,27). The number of nitrogens with zero attached hydrogens (tertiary/aromatic N) is 1. The number of hydrogen-bond acceptors (Lipinski definition) is 8. The van der Waals surface area contributed by atoms with Gasteiger partial charge in [0, 0.05) is 17.0 Å². The van der Waals surface area contributed by atoms with Crippen LogP contribution < -0.4 is 20.1 Å². The number of carbonyl (C=O) groups is 2. The molecule has 2 heterocycles. The number of aryl methyl sites for hydroxylation is 1. The lowest BCUT2D eigenvalue weighted by molar-refractivity contribution is -0.384. The van der Waals surface area contributed by atoms with E-state index in [-0.39, 0.29) is 22.9 Å². The molecular formula is C23H21N3O6S. The molecule has 1 aromatic heterocycles. The number of benzene rings is 2. The third-order valence-corrected chi connectivity index (χ3v) is 6.42. The molecule has 33 heavy (non-hydrogen) atoms. The first-order valence-electron chi connectivity index (χ1n) is 10.2. The van der Waals surface area contributed by atoms with Crippen LogP contribution in [0.25, 0.3) is 0 Å². The highest BCUT2D eigenvalue weighted by molar-refractivity contribution is 7.16. The molecule has 0 radical (unpaired) electrons. The van der Waals surface area contributed by atoms with Gasteiger partial charge < -0.3 is 20.1 Å². The monoisotopic (exact) mass is 467 g/mol. The molecule has 0 saturated carbocycles. The van der Waals surface area contributed by atoms with E-state index in [1.807, 2.05) is 13.8 Å². The number of nitrogens with one attached hydrogen (secondary N) is 2. The van der Waals surface area contributed by atoms with E-state index in [9.17, 15) is 19.7 Å². The Morgan fingerprint density at radius 3 is 2.52 bits per heavy atom. The summed E-state index contributed by atoms with van der Waals surface area (Å²) in [5.74, 6) is -0.278. The van der Waals surface area contributed by atoms with Crippen LogP contribution in [0.15, 0.2) is 42.5 Å². The first-order chi connectivity index (χ1) is 15.8. The second-order valence-corrected chi connectivity index (χ2v) is 8.60. The predicted octanol–water partition coefficient (Wildman–Crippen LogP) is 4.75. The fraction of sp³-hybridized carbons (Fsp3) is 0.217. The lowest BCUT2D eigenvalue weighted by Crippen LogP contribution is -2.38. The summed E-state index contributed by atoms with van der Waals surface area (Å²) in [7, 11) is 0. The summed E-state index contributed by atoms with van der Waals surface area (Å²) >= 11 is 1.53. The molecule has 9 nitrogen and oxygen atoms in total. The van der Waals surface area contributed by atoms with Crippen molar-refractivity contribution in [2.75, 3.05) is 11.9 Å². The molecule has 0 saturated heterocycles. The number of hydrogen-bond donors (Lipinski definition) is 2. The van der Waals surface area contributed by atoms with E-state index in [1.165, 1.54) is 35.6 Å². The fourth-order valence-corrected chi connectivity index (χ4v) is 4.56. The van der Waals surface area contributed by atoms with Crippen molar-refractivity contribution in [2.24, 2.45) is 0 Å². The molecule has 1 aliphatic heterocycles. The van der Waals surface area contributed by atoms with Gasteiger partial charge in [0.2, 0.25) is 0 Å². The molecule has 0 fully saturated rings. The quantitative estimate of drug-likeness (QED) is 0.232. The van der Waals surface area contributed by atoms with E-state index in [0.717, 1.165) is 21.0 Å². The molecule has 1 unspecified atom stereocenters. The van der Waals surface area contributed by atoms with Gasteiger partial charge in [-0.15, -0.1) is 11.3 Å². The largest absolute Gasteiger partial charge is 0.490 e. The Bertz CT molecular complexity index is 1250. The van der Waals surface area contributed by atoms with Crippen molar-refractivity contribution >= 4 is 33.9 Å². The second-order valence-electron chi connectivity index (χ2n) is 7.37. The zero-order valence-electron chi connectivity index (χ0n) is 18.1. The van der Waals surface area contributed by atoms with Crippen molar-refractivity contribution in [2.45, 2.75) is 26.9 Å². The topological polar surface area (TPSA) is 120 Å². The average Bonchev–Trinajstić information content (AvgIpc) is 3.08. The van der Waals surface area contributed by atoms with E-state index < -0.39 is 17.1 Å². The zero-order chi connectivity index (χ0) is 23.7. The van der Waals surface area contributed by atoms with E-state index in [2.05, 4.69) is 10.6 Å². The van der Waals surface area contributed by atoms with Gasteiger partial charge >= 0.3 is 5.97 Å². The highest BCUT2D eigenvalue weighted by Crippen LogP contribution is 2.39. The molecule has 0 bridgehead atoms. The maximum Gasteiger partial charge on any atom is 0.343 e. The lowest BCUT2D eigenvalue weighted by atomic mass is 10.1. The number of carbonyl (C=O) groups excluding carboxylic acids is 2. The molecule has 2 N–H and O–H groups in total. The maximum absolute atomic E-state index is 12.7.